The maximum absolute atomic E-state index is 4.64. The quantitative estimate of drug-likeness (QED) is 0.228. The molecule has 0 heterocycles. The molecule has 0 aliphatic rings. The third-order valence-corrected chi connectivity index (χ3v) is 1.03. The van der Waals surface area contributed by atoms with E-state index in [9.17, 15) is 0 Å². The van der Waals surface area contributed by atoms with E-state index >= 15 is 0 Å². The third-order valence-electron chi connectivity index (χ3n) is 0.536. The van der Waals surface area contributed by atoms with Crippen LogP contribution in [0.15, 0.2) is 0 Å². The minimum atomic E-state index is 0. The Hall–Kier alpha value is 1.42. The first-order valence-electron chi connectivity index (χ1n) is 3.26. The van der Waals surface area contributed by atoms with E-state index in [0.717, 1.165) is 0 Å². The van der Waals surface area contributed by atoms with Crippen LogP contribution in [0.1, 0.15) is 13.8 Å². The molecule has 0 radical (unpaired) electrons. The first-order chi connectivity index (χ1) is 5.54. The molecule has 0 unspecified atom stereocenters. The van der Waals surface area contributed by atoms with Crippen molar-refractivity contribution in [1.82, 2.24) is 0 Å². The van der Waals surface area contributed by atoms with Crippen LogP contribution in [0.5, 0.6) is 0 Å². The van der Waals surface area contributed by atoms with Crippen LogP contribution in [0.25, 0.3) is 0 Å². The maximum Gasteiger partial charge on any atom is 2.00 e. The Kier molecular flexibility index (Phi) is 24.3. The standard InChI is InChI=1S/2C3H6OS2.Ru/c2*1-2-4-3(5)6;/h2*2H2,1H3,(H,5,6);/q;;+2. The Morgan fingerprint density at radius 3 is 1.23 bits per heavy atom. The summed E-state index contributed by atoms with van der Waals surface area (Å²) in [5, 5.41) is 0. The van der Waals surface area contributed by atoms with E-state index in [4.69, 9.17) is 0 Å². The summed E-state index contributed by atoms with van der Waals surface area (Å²) in [5.41, 5.74) is 0. The van der Waals surface area contributed by atoms with Crippen LogP contribution < -0.4 is 0 Å². The van der Waals surface area contributed by atoms with Gasteiger partial charge in [0.25, 0.3) is 0 Å². The summed E-state index contributed by atoms with van der Waals surface area (Å²) in [5.74, 6) is 0. The fraction of sp³-hybridized carbons (Fsp3) is 0.667. The molecule has 0 aromatic rings. The molecule has 0 aromatic carbocycles. The summed E-state index contributed by atoms with van der Waals surface area (Å²) in [6.07, 6.45) is 0. The number of thiol groups is 2. The molecule has 78 valence electrons. The number of hydrogen-bond acceptors (Lipinski definition) is 4. The van der Waals surface area contributed by atoms with Crippen molar-refractivity contribution < 1.29 is 29.0 Å². The summed E-state index contributed by atoms with van der Waals surface area (Å²) in [7, 11) is 0. The van der Waals surface area contributed by atoms with Gasteiger partial charge in [0.05, 0.1) is 13.2 Å². The SMILES string of the molecule is CCOC([S-])=[SH+].CCOC([S-])=[SH+].[Ru+2]. The van der Waals surface area contributed by atoms with Crippen molar-refractivity contribution in [2.24, 2.45) is 0 Å². The smallest absolute Gasteiger partial charge is 0.665 e. The zero-order valence-corrected chi connectivity index (χ0v) is 12.5. The second-order valence-electron chi connectivity index (χ2n) is 1.40. The summed E-state index contributed by atoms with van der Waals surface area (Å²) in [6.45, 7) is 4.95. The van der Waals surface area contributed by atoms with Gasteiger partial charge in [0, 0.05) is 0 Å². The molecular weight excluding hydrogens is 333 g/mol. The Labute approximate surface area is 114 Å². The van der Waals surface area contributed by atoms with Crippen LogP contribution in [-0.4, -0.2) is 22.0 Å². The van der Waals surface area contributed by atoms with Crippen LogP contribution in [0.3, 0.4) is 0 Å². The van der Waals surface area contributed by atoms with Crippen molar-refractivity contribution in [3.63, 3.8) is 0 Å². The molecule has 0 amide bonds. The van der Waals surface area contributed by atoms with Gasteiger partial charge in [0.15, 0.2) is 33.2 Å². The average molecular weight is 345 g/mol. The molecule has 13 heavy (non-hydrogen) atoms. The van der Waals surface area contributed by atoms with Crippen molar-refractivity contribution in [2.45, 2.75) is 13.8 Å². The summed E-state index contributed by atoms with van der Waals surface area (Å²) >= 11 is 16.2. The molecule has 0 N–H and O–H groups in total. The van der Waals surface area contributed by atoms with E-state index in [2.05, 4.69) is 59.2 Å². The van der Waals surface area contributed by atoms with E-state index in [1.807, 2.05) is 13.8 Å². The topological polar surface area (TPSA) is 18.5 Å². The summed E-state index contributed by atoms with van der Waals surface area (Å²) < 4.78 is 9.91. The third kappa shape index (κ3) is 31.8. The normalized spacial score (nSPS) is 7.69. The second-order valence-corrected chi connectivity index (χ2v) is 3.56. The van der Waals surface area contributed by atoms with Crippen LogP contribution in [0, 0.1) is 0 Å². The van der Waals surface area contributed by atoms with E-state index in [0.29, 0.717) is 22.0 Å². The van der Waals surface area contributed by atoms with Gasteiger partial charge in [-0.3, -0.25) is 0 Å². The summed E-state index contributed by atoms with van der Waals surface area (Å²) in [6, 6.07) is 0. The van der Waals surface area contributed by atoms with Crippen molar-refractivity contribution in [2.75, 3.05) is 13.2 Å². The maximum atomic E-state index is 4.64. The molecule has 0 bridgehead atoms. The predicted octanol–water partition coefficient (Wildman–Crippen LogP) is -0.130. The Bertz CT molecular complexity index is 127. The van der Waals surface area contributed by atoms with Crippen molar-refractivity contribution >= 4 is 58.5 Å². The average Bonchev–Trinajstić information content (AvgIpc) is 1.87. The number of ether oxygens (including phenoxy) is 2. The largest absolute Gasteiger partial charge is 2.00 e. The zero-order chi connectivity index (χ0) is 9.98. The van der Waals surface area contributed by atoms with E-state index in [1.165, 1.54) is 0 Å². The van der Waals surface area contributed by atoms with Crippen LogP contribution in [0.4, 0.5) is 0 Å². The van der Waals surface area contributed by atoms with Crippen molar-refractivity contribution in [3.05, 3.63) is 0 Å². The van der Waals surface area contributed by atoms with Gasteiger partial charge in [-0.2, -0.15) is 0 Å². The molecular formula is C6H12O2RuS4+2. The van der Waals surface area contributed by atoms with Crippen LogP contribution in [0.2, 0.25) is 0 Å². The minimum absolute atomic E-state index is 0. The van der Waals surface area contributed by atoms with E-state index in [-0.39, 0.29) is 19.5 Å². The Morgan fingerprint density at radius 2 is 1.23 bits per heavy atom. The van der Waals surface area contributed by atoms with E-state index in [1.54, 1.807) is 0 Å². The molecule has 0 fully saturated rings. The fourth-order valence-corrected chi connectivity index (χ4v) is 0.741. The molecule has 0 saturated carbocycles. The van der Waals surface area contributed by atoms with Crippen LogP contribution >= 0.6 is 0 Å². The summed E-state index contributed by atoms with van der Waals surface area (Å²) in [4.78, 5) is 0. The number of rotatable bonds is 2. The molecule has 0 atom stereocenters. The molecule has 0 aromatic heterocycles. The molecule has 0 aliphatic heterocycles. The zero-order valence-electron chi connectivity index (χ0n) is 7.30. The van der Waals surface area contributed by atoms with Gasteiger partial charge in [-0.25, -0.2) is 0 Å². The van der Waals surface area contributed by atoms with Gasteiger partial charge in [-0.1, -0.05) is 0 Å². The molecule has 7 heteroatoms. The van der Waals surface area contributed by atoms with E-state index < -0.39 is 0 Å². The molecule has 0 aliphatic carbocycles. The predicted molar refractivity (Wildman–Crippen MR) is 65.5 cm³/mol. The van der Waals surface area contributed by atoms with Gasteiger partial charge in [-0.15, -0.1) is 0 Å². The van der Waals surface area contributed by atoms with Gasteiger partial charge < -0.3 is 34.7 Å². The Balaban J connectivity index is -0.000000143. The molecule has 2 nitrogen and oxygen atoms in total. The van der Waals surface area contributed by atoms with Crippen molar-refractivity contribution in [1.29, 1.82) is 0 Å². The molecule has 0 rings (SSSR count). The first kappa shape index (κ1) is 19.9. The van der Waals surface area contributed by atoms with Gasteiger partial charge in [-0.05, 0) is 13.8 Å². The fourth-order valence-electron chi connectivity index (χ4n) is 0.247. The van der Waals surface area contributed by atoms with Crippen molar-refractivity contribution in [3.8, 4) is 0 Å². The van der Waals surface area contributed by atoms with Gasteiger partial charge in [0.1, 0.15) is 0 Å². The first-order valence-corrected chi connectivity index (χ1v) is 4.97. The molecule has 0 saturated heterocycles. The second kappa shape index (κ2) is 15.9. The van der Waals surface area contributed by atoms with Gasteiger partial charge in [0.2, 0.25) is 0 Å². The monoisotopic (exact) mass is 346 g/mol. The van der Waals surface area contributed by atoms with Gasteiger partial charge >= 0.3 is 19.5 Å². The number of hydrogen-bond donors (Lipinski definition) is 0. The minimum Gasteiger partial charge on any atom is -0.665 e. The Morgan fingerprint density at radius 1 is 1.00 bits per heavy atom. The molecule has 0 spiro atoms. The van der Waals surface area contributed by atoms with Crippen LogP contribution in [-0.2, 0) is 78.6 Å².